The third kappa shape index (κ3) is 5.68. The highest BCUT2D eigenvalue weighted by Gasteiger charge is 2.23. The first-order valence-electron chi connectivity index (χ1n) is 7.62. The molecule has 2 unspecified atom stereocenters. The van der Waals surface area contributed by atoms with E-state index in [1.165, 1.54) is 0 Å². The van der Waals surface area contributed by atoms with Gasteiger partial charge in [-0.1, -0.05) is 27.2 Å². The number of hydrogen-bond acceptors (Lipinski definition) is 3. The van der Waals surface area contributed by atoms with Gasteiger partial charge in [-0.2, -0.15) is 0 Å². The topological polar surface area (TPSA) is 27.7 Å². The first-order chi connectivity index (χ1) is 8.69. The molecule has 0 aromatic rings. The molecule has 1 saturated heterocycles. The second-order valence-electron chi connectivity index (χ2n) is 5.22. The van der Waals surface area contributed by atoms with Crippen LogP contribution in [0.3, 0.4) is 0 Å². The van der Waals surface area contributed by atoms with Crippen LogP contribution in [-0.4, -0.2) is 31.2 Å². The zero-order valence-corrected chi connectivity index (χ0v) is 12.5. The van der Waals surface area contributed by atoms with Crippen molar-refractivity contribution in [2.45, 2.75) is 90.8 Å². The van der Waals surface area contributed by atoms with Crippen LogP contribution in [-0.2, 0) is 14.2 Å². The first kappa shape index (κ1) is 15.9. The monoisotopic (exact) mass is 258 g/mol. The Morgan fingerprint density at radius 1 is 1.22 bits per heavy atom. The van der Waals surface area contributed by atoms with Crippen LogP contribution in [0.2, 0.25) is 0 Å². The lowest BCUT2D eigenvalue weighted by Gasteiger charge is -2.31. The molecule has 0 saturated carbocycles. The molecule has 1 aliphatic rings. The Kier molecular flexibility index (Phi) is 7.87. The summed E-state index contributed by atoms with van der Waals surface area (Å²) in [4.78, 5) is 0. The lowest BCUT2D eigenvalue weighted by molar-refractivity contribution is -0.209. The van der Waals surface area contributed by atoms with Gasteiger partial charge in [-0.25, -0.2) is 0 Å². The maximum Gasteiger partial charge on any atom is 0.155 e. The van der Waals surface area contributed by atoms with Crippen LogP contribution in [0.1, 0.15) is 66.2 Å². The van der Waals surface area contributed by atoms with E-state index < -0.39 is 0 Å². The fraction of sp³-hybridized carbons (Fsp3) is 1.00. The standard InChI is InChI=1S/C15H30O3/c1-5-8-14(7-3)17-12(4)18-15-10-9-13(6-2)16-11-15/h12-15H,5-11H2,1-4H3/t12-,13?,14?,15-/m0/s1. The summed E-state index contributed by atoms with van der Waals surface area (Å²) >= 11 is 0. The summed E-state index contributed by atoms with van der Waals surface area (Å²) in [6, 6.07) is 0. The quantitative estimate of drug-likeness (QED) is 0.618. The molecule has 1 fully saturated rings. The molecular weight excluding hydrogens is 228 g/mol. The summed E-state index contributed by atoms with van der Waals surface area (Å²) in [5.41, 5.74) is 0. The van der Waals surface area contributed by atoms with Crippen molar-refractivity contribution < 1.29 is 14.2 Å². The molecule has 0 spiro atoms. The number of rotatable bonds is 8. The zero-order valence-electron chi connectivity index (χ0n) is 12.5. The van der Waals surface area contributed by atoms with Crippen LogP contribution in [0.25, 0.3) is 0 Å². The molecule has 1 rings (SSSR count). The average Bonchev–Trinajstić information content (AvgIpc) is 2.39. The molecule has 1 aliphatic heterocycles. The largest absolute Gasteiger partial charge is 0.376 e. The van der Waals surface area contributed by atoms with Gasteiger partial charge < -0.3 is 14.2 Å². The molecule has 1 heterocycles. The predicted octanol–water partition coefficient (Wildman–Crippen LogP) is 3.90. The van der Waals surface area contributed by atoms with Crippen LogP contribution in [0, 0.1) is 0 Å². The zero-order chi connectivity index (χ0) is 13.4. The van der Waals surface area contributed by atoms with E-state index in [0.29, 0.717) is 12.2 Å². The predicted molar refractivity (Wildman–Crippen MR) is 73.7 cm³/mol. The molecular formula is C15H30O3. The van der Waals surface area contributed by atoms with Gasteiger partial charge in [0.2, 0.25) is 0 Å². The van der Waals surface area contributed by atoms with Crippen LogP contribution in [0.15, 0.2) is 0 Å². The summed E-state index contributed by atoms with van der Waals surface area (Å²) in [6.45, 7) is 9.26. The van der Waals surface area contributed by atoms with Crippen molar-refractivity contribution in [1.29, 1.82) is 0 Å². The fourth-order valence-corrected chi connectivity index (χ4v) is 2.48. The minimum Gasteiger partial charge on any atom is -0.376 e. The second kappa shape index (κ2) is 8.89. The third-order valence-electron chi connectivity index (χ3n) is 3.62. The number of ether oxygens (including phenoxy) is 3. The first-order valence-corrected chi connectivity index (χ1v) is 7.62. The molecule has 0 amide bonds. The van der Waals surface area contributed by atoms with Crippen LogP contribution < -0.4 is 0 Å². The van der Waals surface area contributed by atoms with E-state index in [2.05, 4.69) is 20.8 Å². The van der Waals surface area contributed by atoms with E-state index in [0.717, 1.165) is 45.1 Å². The van der Waals surface area contributed by atoms with Crippen molar-refractivity contribution >= 4 is 0 Å². The summed E-state index contributed by atoms with van der Waals surface area (Å²) < 4.78 is 17.6. The molecule has 4 atom stereocenters. The lowest BCUT2D eigenvalue weighted by Crippen LogP contribution is -2.35. The molecule has 0 radical (unpaired) electrons. The number of hydrogen-bond donors (Lipinski definition) is 0. The van der Waals surface area contributed by atoms with Gasteiger partial charge >= 0.3 is 0 Å². The Bertz CT molecular complexity index is 200. The Morgan fingerprint density at radius 2 is 2.00 bits per heavy atom. The van der Waals surface area contributed by atoms with Crippen molar-refractivity contribution in [3.63, 3.8) is 0 Å². The summed E-state index contributed by atoms with van der Waals surface area (Å²) in [6.07, 6.45) is 7.50. The minimum atomic E-state index is -0.117. The molecule has 3 heteroatoms. The lowest BCUT2D eigenvalue weighted by atomic mass is 10.1. The van der Waals surface area contributed by atoms with Crippen molar-refractivity contribution in [2.24, 2.45) is 0 Å². The van der Waals surface area contributed by atoms with E-state index in [1.54, 1.807) is 0 Å². The maximum atomic E-state index is 5.92. The molecule has 108 valence electrons. The van der Waals surface area contributed by atoms with E-state index in [-0.39, 0.29) is 12.4 Å². The molecule has 0 aromatic heterocycles. The third-order valence-corrected chi connectivity index (χ3v) is 3.62. The summed E-state index contributed by atoms with van der Waals surface area (Å²) in [5.74, 6) is 0. The highest BCUT2D eigenvalue weighted by atomic mass is 16.7. The van der Waals surface area contributed by atoms with E-state index in [1.807, 2.05) is 6.92 Å². The minimum absolute atomic E-state index is 0.117. The molecule has 3 nitrogen and oxygen atoms in total. The Hall–Kier alpha value is -0.120. The van der Waals surface area contributed by atoms with Gasteiger partial charge in [0.05, 0.1) is 24.9 Å². The van der Waals surface area contributed by atoms with Gasteiger partial charge in [-0.05, 0) is 39.0 Å². The van der Waals surface area contributed by atoms with Crippen LogP contribution >= 0.6 is 0 Å². The fourth-order valence-electron chi connectivity index (χ4n) is 2.48. The Balaban J connectivity index is 2.21. The molecule has 0 N–H and O–H groups in total. The second-order valence-corrected chi connectivity index (χ2v) is 5.22. The van der Waals surface area contributed by atoms with Crippen molar-refractivity contribution in [3.8, 4) is 0 Å². The Labute approximate surface area is 112 Å². The average molecular weight is 258 g/mol. The highest BCUT2D eigenvalue weighted by molar-refractivity contribution is 4.70. The molecule has 0 aromatic carbocycles. The van der Waals surface area contributed by atoms with Gasteiger partial charge in [0.1, 0.15) is 0 Å². The van der Waals surface area contributed by atoms with Crippen LogP contribution in [0.4, 0.5) is 0 Å². The normalized spacial score (nSPS) is 28.0. The maximum absolute atomic E-state index is 5.92. The van der Waals surface area contributed by atoms with E-state index in [9.17, 15) is 0 Å². The molecule has 18 heavy (non-hydrogen) atoms. The smallest absolute Gasteiger partial charge is 0.155 e. The molecule has 0 bridgehead atoms. The van der Waals surface area contributed by atoms with Crippen molar-refractivity contribution in [2.75, 3.05) is 6.61 Å². The van der Waals surface area contributed by atoms with Gasteiger partial charge in [-0.15, -0.1) is 0 Å². The van der Waals surface area contributed by atoms with E-state index >= 15 is 0 Å². The van der Waals surface area contributed by atoms with Crippen LogP contribution in [0.5, 0.6) is 0 Å². The Morgan fingerprint density at radius 3 is 2.50 bits per heavy atom. The summed E-state index contributed by atoms with van der Waals surface area (Å²) in [7, 11) is 0. The van der Waals surface area contributed by atoms with Gasteiger partial charge in [0.15, 0.2) is 6.29 Å². The van der Waals surface area contributed by atoms with Gasteiger partial charge in [0.25, 0.3) is 0 Å². The SMILES string of the molecule is CCCC(CC)O[C@H](C)O[C@H]1CCC(CC)OC1. The van der Waals surface area contributed by atoms with Crippen molar-refractivity contribution in [1.82, 2.24) is 0 Å². The highest BCUT2D eigenvalue weighted by Crippen LogP contribution is 2.20. The molecule has 0 aliphatic carbocycles. The summed E-state index contributed by atoms with van der Waals surface area (Å²) in [5, 5.41) is 0. The van der Waals surface area contributed by atoms with Gasteiger partial charge in [-0.3, -0.25) is 0 Å². The van der Waals surface area contributed by atoms with E-state index in [4.69, 9.17) is 14.2 Å². The van der Waals surface area contributed by atoms with Gasteiger partial charge in [0, 0.05) is 0 Å². The van der Waals surface area contributed by atoms with Crippen molar-refractivity contribution in [3.05, 3.63) is 0 Å².